The molecule has 0 radical (unpaired) electrons. The van der Waals surface area contributed by atoms with Crippen LogP contribution in [0.25, 0.3) is 11.1 Å². The monoisotopic (exact) mass is 338 g/mol. The van der Waals surface area contributed by atoms with Crippen molar-refractivity contribution in [1.82, 2.24) is 10.2 Å². The lowest BCUT2D eigenvalue weighted by Gasteiger charge is -2.30. The minimum absolute atomic E-state index is 0.0250. The lowest BCUT2D eigenvalue weighted by molar-refractivity contribution is -0.0225. The molecule has 3 rings (SSSR count). The zero-order valence-electron chi connectivity index (χ0n) is 15.0. The normalized spacial score (nSPS) is 18.1. The molecule has 0 unspecified atom stereocenters. The summed E-state index contributed by atoms with van der Waals surface area (Å²) in [7, 11) is 2.10. The molecule has 4 nitrogen and oxygen atoms in total. The first-order chi connectivity index (χ1) is 12.1. The number of nitrogens with zero attached hydrogens (tertiary/aromatic N) is 1. The fourth-order valence-electron chi connectivity index (χ4n) is 3.27. The Labute approximate surface area is 149 Å². The molecule has 1 fully saturated rings. The van der Waals surface area contributed by atoms with Gasteiger partial charge in [0.05, 0.1) is 12.7 Å². The van der Waals surface area contributed by atoms with E-state index in [1.807, 2.05) is 36.4 Å². The van der Waals surface area contributed by atoms with Crippen molar-refractivity contribution < 1.29 is 9.53 Å². The molecule has 2 aromatic rings. The zero-order valence-corrected chi connectivity index (χ0v) is 15.0. The van der Waals surface area contributed by atoms with Crippen molar-refractivity contribution in [2.24, 2.45) is 0 Å². The van der Waals surface area contributed by atoms with Gasteiger partial charge in [0.15, 0.2) is 0 Å². The number of ether oxygens (including phenoxy) is 1. The van der Waals surface area contributed by atoms with Crippen molar-refractivity contribution in [1.29, 1.82) is 0 Å². The Morgan fingerprint density at radius 1 is 1.16 bits per heavy atom. The van der Waals surface area contributed by atoms with Gasteiger partial charge in [0, 0.05) is 25.2 Å². The summed E-state index contributed by atoms with van der Waals surface area (Å²) in [6, 6.07) is 15.9. The predicted molar refractivity (Wildman–Crippen MR) is 101 cm³/mol. The third-order valence-electron chi connectivity index (χ3n) is 4.70. The molecule has 1 atom stereocenters. The first-order valence-corrected chi connectivity index (χ1v) is 8.88. The van der Waals surface area contributed by atoms with E-state index in [-0.39, 0.29) is 12.0 Å². The summed E-state index contributed by atoms with van der Waals surface area (Å²) in [5.41, 5.74) is 3.97. The summed E-state index contributed by atoms with van der Waals surface area (Å²) >= 11 is 0. The molecule has 1 heterocycles. The van der Waals surface area contributed by atoms with Gasteiger partial charge in [0.1, 0.15) is 0 Å². The van der Waals surface area contributed by atoms with E-state index in [1.54, 1.807) is 0 Å². The first kappa shape index (κ1) is 17.6. The number of rotatable bonds is 5. The van der Waals surface area contributed by atoms with Gasteiger partial charge in [-0.3, -0.25) is 4.79 Å². The van der Waals surface area contributed by atoms with Crippen LogP contribution < -0.4 is 5.32 Å². The Morgan fingerprint density at radius 3 is 2.64 bits per heavy atom. The first-order valence-electron chi connectivity index (χ1n) is 8.88. The van der Waals surface area contributed by atoms with Crippen LogP contribution >= 0.6 is 0 Å². The van der Waals surface area contributed by atoms with Crippen LogP contribution in [0.5, 0.6) is 0 Å². The third-order valence-corrected chi connectivity index (χ3v) is 4.70. The molecule has 0 aromatic heterocycles. The number of carbonyl (C=O) groups is 1. The smallest absolute Gasteiger partial charge is 0.251 e. The van der Waals surface area contributed by atoms with Crippen molar-refractivity contribution in [3.63, 3.8) is 0 Å². The molecular formula is C21H26N2O2. The molecule has 0 bridgehead atoms. The van der Waals surface area contributed by atoms with Crippen LogP contribution in [0.4, 0.5) is 0 Å². The molecule has 0 aliphatic carbocycles. The maximum atomic E-state index is 12.7. The molecule has 4 heteroatoms. The molecule has 0 saturated carbocycles. The van der Waals surface area contributed by atoms with Gasteiger partial charge in [-0.05, 0) is 43.1 Å². The highest BCUT2D eigenvalue weighted by molar-refractivity contribution is 6.01. The van der Waals surface area contributed by atoms with E-state index in [0.717, 1.165) is 42.8 Å². The van der Waals surface area contributed by atoms with Gasteiger partial charge in [0.25, 0.3) is 5.91 Å². The summed E-state index contributed by atoms with van der Waals surface area (Å²) in [4.78, 5) is 15.0. The summed E-state index contributed by atoms with van der Waals surface area (Å²) in [6.07, 6.45) is 1.04. The number of nitrogens with one attached hydrogen (secondary N) is 1. The van der Waals surface area contributed by atoms with Gasteiger partial charge in [0.2, 0.25) is 0 Å². The number of amides is 1. The Hall–Kier alpha value is -2.17. The molecule has 1 amide bonds. The van der Waals surface area contributed by atoms with Crippen LogP contribution in [0, 0.1) is 6.92 Å². The fourth-order valence-corrected chi connectivity index (χ4v) is 3.27. The van der Waals surface area contributed by atoms with E-state index in [4.69, 9.17) is 4.74 Å². The Balaban J connectivity index is 1.66. The number of benzene rings is 2. The molecule has 1 saturated heterocycles. The third kappa shape index (κ3) is 4.47. The van der Waals surface area contributed by atoms with Gasteiger partial charge in [-0.2, -0.15) is 0 Å². The zero-order chi connectivity index (χ0) is 17.6. The van der Waals surface area contributed by atoms with Crippen LogP contribution in [0.15, 0.2) is 48.5 Å². The van der Waals surface area contributed by atoms with Gasteiger partial charge in [-0.15, -0.1) is 0 Å². The average molecular weight is 338 g/mol. The molecule has 132 valence electrons. The van der Waals surface area contributed by atoms with Crippen molar-refractivity contribution >= 4 is 5.91 Å². The second-order valence-electron chi connectivity index (χ2n) is 6.66. The largest absolute Gasteiger partial charge is 0.375 e. The van der Waals surface area contributed by atoms with Gasteiger partial charge >= 0.3 is 0 Å². The van der Waals surface area contributed by atoms with Crippen LogP contribution in [0.1, 0.15) is 22.3 Å². The lowest BCUT2D eigenvalue weighted by atomic mass is 9.95. The average Bonchev–Trinajstić information content (AvgIpc) is 2.62. The van der Waals surface area contributed by atoms with Crippen molar-refractivity contribution in [2.45, 2.75) is 19.4 Å². The number of aryl methyl sites for hydroxylation is 1. The van der Waals surface area contributed by atoms with E-state index in [2.05, 4.69) is 36.3 Å². The van der Waals surface area contributed by atoms with Gasteiger partial charge in [-0.25, -0.2) is 0 Å². The standard InChI is InChI=1S/C21H26N2O2/c1-16-7-3-4-8-18(16)19-9-5-6-10-20(19)21(24)22-12-11-17-15-23(2)13-14-25-17/h3-10,17H,11-15H2,1-2H3,(H,22,24)/t17-/m0/s1. The molecular weight excluding hydrogens is 312 g/mol. The molecule has 1 aliphatic rings. The van der Waals surface area contributed by atoms with Crippen LogP contribution in [0.2, 0.25) is 0 Å². The molecule has 25 heavy (non-hydrogen) atoms. The highest BCUT2D eigenvalue weighted by atomic mass is 16.5. The van der Waals surface area contributed by atoms with Crippen molar-refractivity contribution in [3.05, 3.63) is 59.7 Å². The minimum Gasteiger partial charge on any atom is -0.375 e. The summed E-state index contributed by atoms with van der Waals surface area (Å²) in [5, 5.41) is 3.05. The van der Waals surface area contributed by atoms with Crippen LogP contribution in [-0.2, 0) is 4.74 Å². The number of carbonyl (C=O) groups excluding carboxylic acids is 1. The minimum atomic E-state index is -0.0250. The Kier molecular flexibility index (Phi) is 5.84. The lowest BCUT2D eigenvalue weighted by Crippen LogP contribution is -2.41. The number of likely N-dealkylation sites (N-methyl/N-ethyl adjacent to an activating group) is 1. The van der Waals surface area contributed by atoms with Crippen LogP contribution in [-0.4, -0.2) is 50.2 Å². The predicted octanol–water partition coefficient (Wildman–Crippen LogP) is 3.11. The maximum Gasteiger partial charge on any atom is 0.251 e. The molecule has 1 aliphatic heterocycles. The van der Waals surface area contributed by atoms with E-state index in [9.17, 15) is 4.79 Å². The highest BCUT2D eigenvalue weighted by Gasteiger charge is 2.18. The van der Waals surface area contributed by atoms with E-state index in [0.29, 0.717) is 6.54 Å². The van der Waals surface area contributed by atoms with Gasteiger partial charge < -0.3 is 15.0 Å². The second kappa shape index (κ2) is 8.28. The molecule has 1 N–H and O–H groups in total. The molecule has 0 spiro atoms. The summed E-state index contributed by atoms with van der Waals surface area (Å²) in [5.74, 6) is -0.0250. The number of hydrogen-bond acceptors (Lipinski definition) is 3. The topological polar surface area (TPSA) is 41.6 Å². The Bertz CT molecular complexity index is 729. The molecule has 2 aromatic carbocycles. The highest BCUT2D eigenvalue weighted by Crippen LogP contribution is 2.26. The SMILES string of the molecule is Cc1ccccc1-c1ccccc1C(=O)NCC[C@H]1CN(C)CCO1. The number of morpholine rings is 1. The summed E-state index contributed by atoms with van der Waals surface area (Å²) in [6.45, 7) is 5.37. The number of hydrogen-bond donors (Lipinski definition) is 1. The summed E-state index contributed by atoms with van der Waals surface area (Å²) < 4.78 is 5.75. The fraction of sp³-hybridized carbons (Fsp3) is 0.381. The quantitative estimate of drug-likeness (QED) is 0.911. The van der Waals surface area contributed by atoms with E-state index < -0.39 is 0 Å². The maximum absolute atomic E-state index is 12.7. The second-order valence-corrected chi connectivity index (χ2v) is 6.66. The van der Waals surface area contributed by atoms with E-state index >= 15 is 0 Å². The van der Waals surface area contributed by atoms with Gasteiger partial charge in [-0.1, -0.05) is 42.5 Å². The Morgan fingerprint density at radius 2 is 1.88 bits per heavy atom. The van der Waals surface area contributed by atoms with Crippen molar-refractivity contribution in [3.8, 4) is 11.1 Å². The van der Waals surface area contributed by atoms with E-state index in [1.165, 1.54) is 5.56 Å². The van der Waals surface area contributed by atoms with Crippen molar-refractivity contribution in [2.75, 3.05) is 33.3 Å². The van der Waals surface area contributed by atoms with Crippen LogP contribution in [0.3, 0.4) is 0 Å².